The van der Waals surface area contributed by atoms with Gasteiger partial charge in [-0.3, -0.25) is 4.55 Å². The average molecular weight is 321 g/mol. The second-order valence-electron chi connectivity index (χ2n) is 5.02. The van der Waals surface area contributed by atoms with Crippen LogP contribution in [0.2, 0.25) is 0 Å². The first-order valence-electron chi connectivity index (χ1n) is 7.21. The van der Waals surface area contributed by atoms with Gasteiger partial charge in [-0.15, -0.1) is 0 Å². The summed E-state index contributed by atoms with van der Waals surface area (Å²) in [5, 5.41) is 0. The molecule has 22 heavy (non-hydrogen) atoms. The van der Waals surface area contributed by atoms with Gasteiger partial charge in [-0.05, 0) is 50.4 Å². The predicted molar refractivity (Wildman–Crippen MR) is 89.4 cm³/mol. The second kappa shape index (κ2) is 9.35. The first kappa shape index (κ1) is 18.4. The van der Waals surface area contributed by atoms with Gasteiger partial charge >= 0.3 is 0 Å². The molecule has 120 valence electrons. The molecule has 2 rings (SSSR count). The summed E-state index contributed by atoms with van der Waals surface area (Å²) in [6, 6.07) is 16.5. The maximum absolute atomic E-state index is 10.5. The van der Waals surface area contributed by atoms with Gasteiger partial charge in [0.05, 0.1) is 4.90 Å². The Balaban J connectivity index is 0.000000220. The van der Waals surface area contributed by atoms with Crippen molar-refractivity contribution in [1.29, 1.82) is 0 Å². The number of hydrogen-bond donors (Lipinski definition) is 2. The molecule has 0 heterocycles. The number of unbranched alkanes of at least 4 members (excludes halogenated alkanes) is 1. The largest absolute Gasteiger partial charge is 0.330 e. The molecule has 0 bridgehead atoms. The van der Waals surface area contributed by atoms with Crippen molar-refractivity contribution in [2.75, 3.05) is 6.54 Å². The standard InChI is InChI=1S/C10H15N.C7H8O3S/c11-9-5-4-8-10-6-2-1-3-7-10;1-6-2-4-7(5-3-6)11(8,9)10/h1-3,6-7H,4-5,8-9,11H2;2-5H,1H3,(H,8,9,10). The molecular weight excluding hydrogens is 298 g/mol. The SMILES string of the molecule is Cc1ccc(S(=O)(=O)O)cc1.NCCCCc1ccccc1. The Morgan fingerprint density at radius 3 is 2.05 bits per heavy atom. The molecular formula is C17H23NO3S. The quantitative estimate of drug-likeness (QED) is 0.654. The second-order valence-corrected chi connectivity index (χ2v) is 6.44. The first-order chi connectivity index (χ1) is 10.4. The number of rotatable bonds is 5. The van der Waals surface area contributed by atoms with Crippen molar-refractivity contribution in [2.45, 2.75) is 31.1 Å². The van der Waals surface area contributed by atoms with Gasteiger partial charge in [-0.2, -0.15) is 8.42 Å². The Labute approximate surface area is 132 Å². The van der Waals surface area contributed by atoms with Crippen LogP contribution in [-0.2, 0) is 16.5 Å². The fraction of sp³-hybridized carbons (Fsp3) is 0.294. The normalized spacial score (nSPS) is 10.7. The van der Waals surface area contributed by atoms with Crippen LogP contribution in [0.4, 0.5) is 0 Å². The van der Waals surface area contributed by atoms with E-state index in [2.05, 4.69) is 24.3 Å². The van der Waals surface area contributed by atoms with Gasteiger partial charge in [0.1, 0.15) is 0 Å². The van der Waals surface area contributed by atoms with Gasteiger partial charge < -0.3 is 5.73 Å². The lowest BCUT2D eigenvalue weighted by Gasteiger charge is -1.98. The molecule has 4 nitrogen and oxygen atoms in total. The highest BCUT2D eigenvalue weighted by Gasteiger charge is 2.06. The average Bonchev–Trinajstić information content (AvgIpc) is 2.49. The predicted octanol–water partition coefficient (Wildman–Crippen LogP) is 3.21. The van der Waals surface area contributed by atoms with E-state index in [1.165, 1.54) is 24.1 Å². The molecule has 3 N–H and O–H groups in total. The zero-order valence-electron chi connectivity index (χ0n) is 12.8. The minimum atomic E-state index is -4.02. The Morgan fingerprint density at radius 1 is 0.955 bits per heavy atom. The molecule has 5 heteroatoms. The van der Waals surface area contributed by atoms with Crippen LogP contribution in [-0.4, -0.2) is 19.5 Å². The molecule has 0 aliphatic rings. The van der Waals surface area contributed by atoms with Gasteiger partial charge in [-0.25, -0.2) is 0 Å². The van der Waals surface area contributed by atoms with E-state index in [-0.39, 0.29) is 4.90 Å². The molecule has 0 atom stereocenters. The van der Waals surface area contributed by atoms with Crippen LogP contribution in [0.25, 0.3) is 0 Å². The van der Waals surface area contributed by atoms with E-state index >= 15 is 0 Å². The fourth-order valence-electron chi connectivity index (χ4n) is 1.83. The topological polar surface area (TPSA) is 80.4 Å². The molecule has 0 saturated carbocycles. The molecule has 0 aliphatic carbocycles. The number of hydrogen-bond acceptors (Lipinski definition) is 3. The molecule has 2 aromatic carbocycles. The van der Waals surface area contributed by atoms with Gasteiger partial charge in [0, 0.05) is 0 Å². The van der Waals surface area contributed by atoms with Crippen LogP contribution >= 0.6 is 0 Å². The summed E-state index contributed by atoms with van der Waals surface area (Å²) in [7, 11) is -4.02. The summed E-state index contributed by atoms with van der Waals surface area (Å²) in [4.78, 5) is -0.0666. The molecule has 2 aromatic rings. The van der Waals surface area contributed by atoms with E-state index in [0.29, 0.717) is 0 Å². The highest BCUT2D eigenvalue weighted by molar-refractivity contribution is 7.85. The van der Waals surface area contributed by atoms with Crippen LogP contribution in [0, 0.1) is 6.92 Å². The third kappa shape index (κ3) is 7.36. The van der Waals surface area contributed by atoms with Crippen LogP contribution in [0.3, 0.4) is 0 Å². The summed E-state index contributed by atoms with van der Waals surface area (Å²) in [5.74, 6) is 0. The molecule has 0 fully saturated rings. The van der Waals surface area contributed by atoms with Crippen LogP contribution in [0.15, 0.2) is 59.5 Å². The summed E-state index contributed by atoms with van der Waals surface area (Å²) < 4.78 is 29.6. The molecule has 0 spiro atoms. The van der Waals surface area contributed by atoms with Crippen molar-refractivity contribution in [3.05, 3.63) is 65.7 Å². The number of nitrogens with two attached hydrogens (primary N) is 1. The lowest BCUT2D eigenvalue weighted by molar-refractivity contribution is 0.483. The minimum absolute atomic E-state index is 0.0666. The van der Waals surface area contributed by atoms with Crippen molar-refractivity contribution in [2.24, 2.45) is 5.73 Å². The first-order valence-corrected chi connectivity index (χ1v) is 8.65. The number of aryl methyl sites for hydroxylation is 2. The highest BCUT2D eigenvalue weighted by atomic mass is 32.2. The van der Waals surface area contributed by atoms with Crippen molar-refractivity contribution in [3.63, 3.8) is 0 Å². The summed E-state index contributed by atoms with van der Waals surface area (Å²) in [5.41, 5.74) is 7.77. The summed E-state index contributed by atoms with van der Waals surface area (Å²) in [6.07, 6.45) is 3.51. The third-order valence-corrected chi connectivity index (χ3v) is 3.95. The monoisotopic (exact) mass is 321 g/mol. The molecule has 0 radical (unpaired) electrons. The van der Waals surface area contributed by atoms with Crippen molar-refractivity contribution in [1.82, 2.24) is 0 Å². The van der Waals surface area contributed by atoms with Crippen LogP contribution in [0.5, 0.6) is 0 Å². The van der Waals surface area contributed by atoms with Crippen molar-refractivity contribution < 1.29 is 13.0 Å². The minimum Gasteiger partial charge on any atom is -0.330 e. The van der Waals surface area contributed by atoms with Gasteiger partial charge in [0.2, 0.25) is 0 Å². The number of benzene rings is 2. The Bertz CT molecular complexity index is 637. The lowest BCUT2D eigenvalue weighted by Crippen LogP contribution is -1.98. The van der Waals surface area contributed by atoms with Gasteiger partial charge in [0.15, 0.2) is 0 Å². The van der Waals surface area contributed by atoms with Crippen molar-refractivity contribution >= 4 is 10.1 Å². The van der Waals surface area contributed by atoms with Gasteiger partial charge in [0.25, 0.3) is 10.1 Å². The molecule has 0 saturated heterocycles. The lowest BCUT2D eigenvalue weighted by atomic mass is 10.1. The zero-order chi connectivity index (χ0) is 16.4. The Hall–Kier alpha value is -1.69. The van der Waals surface area contributed by atoms with E-state index < -0.39 is 10.1 Å². The summed E-state index contributed by atoms with van der Waals surface area (Å²) >= 11 is 0. The maximum Gasteiger partial charge on any atom is 0.294 e. The van der Waals surface area contributed by atoms with Crippen LogP contribution in [0.1, 0.15) is 24.0 Å². The van der Waals surface area contributed by atoms with E-state index in [1.54, 1.807) is 12.1 Å². The highest BCUT2D eigenvalue weighted by Crippen LogP contribution is 2.08. The molecule has 0 unspecified atom stereocenters. The van der Waals surface area contributed by atoms with E-state index in [9.17, 15) is 8.42 Å². The smallest absolute Gasteiger partial charge is 0.294 e. The summed E-state index contributed by atoms with van der Waals surface area (Å²) in [6.45, 7) is 2.65. The molecule has 0 aliphatic heterocycles. The Kier molecular flexibility index (Phi) is 7.80. The van der Waals surface area contributed by atoms with Crippen LogP contribution < -0.4 is 5.73 Å². The third-order valence-electron chi connectivity index (χ3n) is 3.08. The van der Waals surface area contributed by atoms with E-state index in [4.69, 9.17) is 10.3 Å². The zero-order valence-corrected chi connectivity index (χ0v) is 13.6. The Morgan fingerprint density at radius 2 is 1.55 bits per heavy atom. The van der Waals surface area contributed by atoms with E-state index in [0.717, 1.165) is 24.9 Å². The molecule has 0 amide bonds. The maximum atomic E-state index is 10.5. The van der Waals surface area contributed by atoms with Crippen molar-refractivity contribution in [3.8, 4) is 0 Å². The van der Waals surface area contributed by atoms with Gasteiger partial charge in [-0.1, -0.05) is 48.0 Å². The fourth-order valence-corrected chi connectivity index (χ4v) is 2.31. The molecule has 0 aromatic heterocycles. The van der Waals surface area contributed by atoms with E-state index in [1.807, 2.05) is 13.0 Å².